The number of likely N-dealkylation sites (N-methyl/N-ethyl adjacent to an activating group) is 1. The maximum atomic E-state index is 13.7. The summed E-state index contributed by atoms with van der Waals surface area (Å²) in [4.78, 5) is 54.3. The van der Waals surface area contributed by atoms with E-state index >= 15 is 0 Å². The Hall–Kier alpha value is -3.88. The fourth-order valence-corrected chi connectivity index (χ4v) is 5.25. The van der Waals surface area contributed by atoms with Crippen molar-refractivity contribution in [2.75, 3.05) is 14.1 Å². The number of carbonyl (C=O) groups excluding carboxylic acids is 3. The number of nitrogens with one attached hydrogen (secondary N) is 1. The number of carbonyl (C=O) groups is 3. The minimum atomic E-state index is -0.674. The number of likely N-dealkylation sites (tertiary alicyclic amines) is 1. The van der Waals surface area contributed by atoms with Gasteiger partial charge in [-0.1, -0.05) is 36.4 Å². The number of nitrogens with zero attached hydrogens (tertiary/aromatic N) is 4. The highest BCUT2D eigenvalue weighted by atomic mass is 16.2. The van der Waals surface area contributed by atoms with Crippen LogP contribution in [-0.4, -0.2) is 62.8 Å². The molecule has 9 heteroatoms. The fraction of sp³-hybridized carbons (Fsp3) is 0.407. The normalized spacial score (nSPS) is 19.5. The van der Waals surface area contributed by atoms with E-state index in [1.54, 1.807) is 42.2 Å². The van der Waals surface area contributed by atoms with Gasteiger partial charge in [-0.3, -0.25) is 23.5 Å². The minimum absolute atomic E-state index is 0.102. The van der Waals surface area contributed by atoms with E-state index in [1.165, 1.54) is 11.8 Å². The number of imidazole rings is 1. The second-order valence-electron chi connectivity index (χ2n) is 9.67. The van der Waals surface area contributed by atoms with E-state index in [4.69, 9.17) is 0 Å². The molecule has 1 N–H and O–H groups in total. The molecule has 1 aromatic heterocycles. The molecule has 0 bridgehead atoms. The SMILES string of the molecule is CC(=O)N[C@H]1C[C@@H](C(=O)N(C)C)N(C(=O)CCc2ccc3c(c2)n(C)c(=O)n3C)[C@H]1c1ccccc1. The van der Waals surface area contributed by atoms with Gasteiger partial charge in [0.15, 0.2) is 0 Å². The highest BCUT2D eigenvalue weighted by molar-refractivity contribution is 5.89. The van der Waals surface area contributed by atoms with E-state index in [-0.39, 0.29) is 35.9 Å². The van der Waals surface area contributed by atoms with Gasteiger partial charge in [-0.15, -0.1) is 0 Å². The van der Waals surface area contributed by atoms with Gasteiger partial charge in [0.25, 0.3) is 0 Å². The van der Waals surface area contributed by atoms with E-state index in [2.05, 4.69) is 5.32 Å². The van der Waals surface area contributed by atoms with Crippen molar-refractivity contribution in [2.45, 2.75) is 44.3 Å². The Kier molecular flexibility index (Phi) is 7.01. The number of benzene rings is 2. The summed E-state index contributed by atoms with van der Waals surface area (Å²) in [6.45, 7) is 1.45. The zero-order valence-electron chi connectivity index (χ0n) is 21.4. The third kappa shape index (κ3) is 4.65. The smallest absolute Gasteiger partial charge is 0.328 e. The number of aryl methyl sites for hydroxylation is 3. The molecule has 2 aromatic carbocycles. The molecule has 0 saturated carbocycles. The van der Waals surface area contributed by atoms with Gasteiger partial charge in [0.1, 0.15) is 6.04 Å². The van der Waals surface area contributed by atoms with Gasteiger partial charge in [0.05, 0.1) is 23.1 Å². The predicted octanol–water partition coefficient (Wildman–Crippen LogP) is 1.74. The molecule has 0 aliphatic carbocycles. The van der Waals surface area contributed by atoms with Gasteiger partial charge in [-0.2, -0.15) is 0 Å². The Morgan fingerprint density at radius 1 is 1.00 bits per heavy atom. The lowest BCUT2D eigenvalue weighted by atomic mass is 9.99. The first-order valence-corrected chi connectivity index (χ1v) is 12.1. The van der Waals surface area contributed by atoms with Gasteiger partial charge in [0, 0.05) is 41.5 Å². The first-order chi connectivity index (χ1) is 17.1. The van der Waals surface area contributed by atoms with Crippen LogP contribution in [0.4, 0.5) is 0 Å². The minimum Gasteiger partial charge on any atom is -0.351 e. The molecule has 0 unspecified atom stereocenters. The molecule has 4 rings (SSSR count). The van der Waals surface area contributed by atoms with Gasteiger partial charge in [0.2, 0.25) is 17.7 Å². The van der Waals surface area contributed by atoms with E-state index in [0.29, 0.717) is 12.8 Å². The molecule has 3 atom stereocenters. The molecule has 3 aromatic rings. The first-order valence-electron chi connectivity index (χ1n) is 12.1. The molecular formula is C27H33N5O4. The lowest BCUT2D eigenvalue weighted by Gasteiger charge is -2.32. The molecule has 3 amide bonds. The lowest BCUT2D eigenvalue weighted by Crippen LogP contribution is -2.47. The third-order valence-electron chi connectivity index (χ3n) is 7.00. The summed E-state index contributed by atoms with van der Waals surface area (Å²) in [6, 6.07) is 13.8. The van der Waals surface area contributed by atoms with Crippen LogP contribution in [-0.2, 0) is 34.9 Å². The van der Waals surface area contributed by atoms with Crippen molar-refractivity contribution in [3.63, 3.8) is 0 Å². The largest absolute Gasteiger partial charge is 0.351 e. The second kappa shape index (κ2) is 10.0. The van der Waals surface area contributed by atoms with E-state index in [9.17, 15) is 19.2 Å². The summed E-state index contributed by atoms with van der Waals surface area (Å²) in [5, 5.41) is 2.97. The lowest BCUT2D eigenvalue weighted by molar-refractivity contribution is -0.144. The summed E-state index contributed by atoms with van der Waals surface area (Å²) < 4.78 is 3.19. The number of amides is 3. The Morgan fingerprint density at radius 3 is 2.31 bits per heavy atom. The Balaban J connectivity index is 1.65. The molecular weight excluding hydrogens is 458 g/mol. The number of hydrogen-bond acceptors (Lipinski definition) is 4. The van der Waals surface area contributed by atoms with Crippen molar-refractivity contribution in [1.82, 2.24) is 24.3 Å². The van der Waals surface area contributed by atoms with Crippen molar-refractivity contribution in [3.05, 3.63) is 70.1 Å². The van der Waals surface area contributed by atoms with Gasteiger partial charge >= 0.3 is 5.69 Å². The molecule has 9 nitrogen and oxygen atoms in total. The highest BCUT2D eigenvalue weighted by Crippen LogP contribution is 2.38. The number of rotatable bonds is 6. The first kappa shape index (κ1) is 25.2. The van der Waals surface area contributed by atoms with Crippen LogP contribution in [0.15, 0.2) is 53.3 Å². The van der Waals surface area contributed by atoms with Crippen LogP contribution < -0.4 is 11.0 Å². The highest BCUT2D eigenvalue weighted by Gasteiger charge is 2.48. The van der Waals surface area contributed by atoms with Crippen LogP contribution in [0.25, 0.3) is 11.0 Å². The molecule has 1 saturated heterocycles. The summed E-state index contributed by atoms with van der Waals surface area (Å²) >= 11 is 0. The summed E-state index contributed by atoms with van der Waals surface area (Å²) in [7, 11) is 6.81. The maximum Gasteiger partial charge on any atom is 0.328 e. The summed E-state index contributed by atoms with van der Waals surface area (Å²) in [5.74, 6) is -0.523. The Labute approximate surface area is 210 Å². The standard InChI is InChI=1S/C27H33N5O4/c1-17(33)28-20-16-23(26(35)29(2)3)32(25(20)19-9-7-6-8-10-19)24(34)14-12-18-11-13-21-22(15-18)31(5)27(36)30(21)4/h6-11,13,15,20,23,25H,12,14,16H2,1-5H3,(H,28,33)/t20-,23-,25-/m0/s1. The van der Waals surface area contributed by atoms with E-state index in [0.717, 1.165) is 22.2 Å². The third-order valence-corrected chi connectivity index (χ3v) is 7.00. The fourth-order valence-electron chi connectivity index (χ4n) is 5.25. The molecule has 2 heterocycles. The zero-order valence-corrected chi connectivity index (χ0v) is 21.4. The second-order valence-corrected chi connectivity index (χ2v) is 9.67. The van der Waals surface area contributed by atoms with Crippen molar-refractivity contribution in [2.24, 2.45) is 14.1 Å². The molecule has 1 aliphatic heterocycles. The maximum absolute atomic E-state index is 13.7. The van der Waals surface area contributed by atoms with Gasteiger partial charge < -0.3 is 15.1 Å². The molecule has 1 aliphatic rings. The monoisotopic (exact) mass is 491 g/mol. The van der Waals surface area contributed by atoms with Crippen LogP contribution in [0.3, 0.4) is 0 Å². The quantitative estimate of drug-likeness (QED) is 0.568. The van der Waals surface area contributed by atoms with E-state index in [1.807, 2.05) is 48.5 Å². The predicted molar refractivity (Wildman–Crippen MR) is 137 cm³/mol. The Bertz CT molecular complexity index is 1360. The topological polar surface area (TPSA) is 96.7 Å². The van der Waals surface area contributed by atoms with E-state index < -0.39 is 12.1 Å². The average Bonchev–Trinajstić information content (AvgIpc) is 3.33. The molecule has 190 valence electrons. The van der Waals surface area contributed by atoms with Crippen LogP contribution in [0.1, 0.15) is 36.9 Å². The molecule has 0 spiro atoms. The number of aromatic nitrogens is 2. The van der Waals surface area contributed by atoms with Crippen molar-refractivity contribution < 1.29 is 14.4 Å². The van der Waals surface area contributed by atoms with Crippen molar-refractivity contribution in [1.29, 1.82) is 0 Å². The van der Waals surface area contributed by atoms with Crippen LogP contribution in [0.2, 0.25) is 0 Å². The summed E-state index contributed by atoms with van der Waals surface area (Å²) in [6.07, 6.45) is 1.00. The number of fused-ring (bicyclic) bond motifs is 1. The van der Waals surface area contributed by atoms with Gasteiger partial charge in [-0.25, -0.2) is 4.79 Å². The van der Waals surface area contributed by atoms with Crippen LogP contribution in [0, 0.1) is 0 Å². The zero-order chi connectivity index (χ0) is 26.1. The van der Waals surface area contributed by atoms with Crippen molar-refractivity contribution in [3.8, 4) is 0 Å². The van der Waals surface area contributed by atoms with Crippen LogP contribution in [0.5, 0.6) is 0 Å². The number of hydrogen-bond donors (Lipinski definition) is 1. The van der Waals surface area contributed by atoms with Gasteiger partial charge in [-0.05, 0) is 36.1 Å². The molecule has 1 fully saturated rings. The molecule has 36 heavy (non-hydrogen) atoms. The Morgan fingerprint density at radius 2 is 1.67 bits per heavy atom. The molecule has 0 radical (unpaired) electrons. The average molecular weight is 492 g/mol. The summed E-state index contributed by atoms with van der Waals surface area (Å²) in [5.41, 5.74) is 3.34. The van der Waals surface area contributed by atoms with Crippen molar-refractivity contribution >= 4 is 28.8 Å². The van der Waals surface area contributed by atoms with Crippen LogP contribution >= 0.6 is 0 Å².